The van der Waals surface area contributed by atoms with Crippen molar-refractivity contribution in [3.05, 3.63) is 30.1 Å². The van der Waals surface area contributed by atoms with E-state index >= 15 is 0 Å². The van der Waals surface area contributed by atoms with Gasteiger partial charge in [-0.1, -0.05) is 17.8 Å². The molecule has 66 valence electrons. The molecule has 1 aliphatic carbocycles. The number of aliphatic imine (C=N–C) groups is 1. The fourth-order valence-corrected chi connectivity index (χ4v) is 3.06. The third-order valence-corrected chi connectivity index (χ3v) is 3.78. The lowest BCUT2D eigenvalue weighted by Crippen LogP contribution is -2.07. The fraction of sp³-hybridized carbons (Fsp3) is 0.333. The standard InChI is InChI=1S/C9H9N3S/c10-8-12-9(4-7(9)13-8)6-2-1-3-11-5-6/h1-3,5,7H,4H2,(H2,10,12). The normalized spacial score (nSPS) is 35.4. The molecule has 1 fully saturated rings. The molecule has 0 aromatic carbocycles. The first-order chi connectivity index (χ1) is 6.31. The average molecular weight is 191 g/mol. The van der Waals surface area contributed by atoms with Crippen LogP contribution in [0.15, 0.2) is 29.5 Å². The van der Waals surface area contributed by atoms with Gasteiger partial charge < -0.3 is 5.73 Å². The van der Waals surface area contributed by atoms with E-state index in [9.17, 15) is 0 Å². The maximum Gasteiger partial charge on any atom is 0.155 e. The number of hydrogen-bond acceptors (Lipinski definition) is 4. The molecule has 0 bridgehead atoms. The van der Waals surface area contributed by atoms with E-state index in [4.69, 9.17) is 5.73 Å². The second kappa shape index (κ2) is 2.26. The van der Waals surface area contributed by atoms with Crippen LogP contribution in [-0.2, 0) is 5.54 Å². The lowest BCUT2D eigenvalue weighted by molar-refractivity contribution is 0.750. The monoisotopic (exact) mass is 191 g/mol. The van der Waals surface area contributed by atoms with Crippen molar-refractivity contribution in [2.24, 2.45) is 10.7 Å². The summed E-state index contributed by atoms with van der Waals surface area (Å²) in [7, 11) is 0. The molecule has 0 amide bonds. The summed E-state index contributed by atoms with van der Waals surface area (Å²) < 4.78 is 0. The highest BCUT2D eigenvalue weighted by Crippen LogP contribution is 2.60. The van der Waals surface area contributed by atoms with Crippen molar-refractivity contribution in [2.75, 3.05) is 0 Å². The Hall–Kier alpha value is -1.03. The summed E-state index contributed by atoms with van der Waals surface area (Å²) in [4.78, 5) is 8.59. The number of rotatable bonds is 1. The Kier molecular flexibility index (Phi) is 1.28. The van der Waals surface area contributed by atoms with Crippen LogP contribution >= 0.6 is 11.8 Å². The number of pyridine rings is 1. The van der Waals surface area contributed by atoms with Crippen molar-refractivity contribution in [1.82, 2.24) is 4.98 Å². The highest BCUT2D eigenvalue weighted by atomic mass is 32.2. The van der Waals surface area contributed by atoms with Crippen molar-refractivity contribution in [1.29, 1.82) is 0 Å². The van der Waals surface area contributed by atoms with Crippen LogP contribution in [0.1, 0.15) is 12.0 Å². The van der Waals surface area contributed by atoms with E-state index in [1.165, 1.54) is 5.56 Å². The van der Waals surface area contributed by atoms with E-state index in [0.29, 0.717) is 5.25 Å². The Labute approximate surface area is 80.5 Å². The van der Waals surface area contributed by atoms with Crippen molar-refractivity contribution in [2.45, 2.75) is 17.2 Å². The second-order valence-corrected chi connectivity index (χ2v) is 4.65. The van der Waals surface area contributed by atoms with E-state index in [0.717, 1.165) is 11.6 Å². The number of thioether (sulfide) groups is 1. The lowest BCUT2D eigenvalue weighted by Gasteiger charge is -2.06. The summed E-state index contributed by atoms with van der Waals surface area (Å²) in [6, 6.07) is 4.03. The van der Waals surface area contributed by atoms with Gasteiger partial charge in [0.25, 0.3) is 0 Å². The topological polar surface area (TPSA) is 51.3 Å². The lowest BCUT2D eigenvalue weighted by atomic mass is 10.1. The largest absolute Gasteiger partial charge is 0.379 e. The molecule has 1 aliphatic heterocycles. The Bertz CT molecular complexity index is 376. The van der Waals surface area contributed by atoms with Gasteiger partial charge in [-0.25, -0.2) is 4.99 Å². The van der Waals surface area contributed by atoms with E-state index in [-0.39, 0.29) is 5.54 Å². The van der Waals surface area contributed by atoms with Crippen LogP contribution in [-0.4, -0.2) is 15.4 Å². The zero-order valence-electron chi connectivity index (χ0n) is 6.97. The average Bonchev–Trinajstić information content (AvgIpc) is 2.72. The highest BCUT2D eigenvalue weighted by Gasteiger charge is 2.60. The van der Waals surface area contributed by atoms with Crippen LogP contribution in [0.4, 0.5) is 0 Å². The van der Waals surface area contributed by atoms with Gasteiger partial charge in [0.05, 0.1) is 0 Å². The minimum Gasteiger partial charge on any atom is -0.379 e. The maximum absolute atomic E-state index is 5.67. The van der Waals surface area contributed by atoms with E-state index in [1.807, 2.05) is 12.3 Å². The minimum atomic E-state index is -0.0109. The number of nitrogens with two attached hydrogens (primary N) is 1. The third kappa shape index (κ3) is 0.920. The molecule has 0 spiro atoms. The molecule has 3 rings (SSSR count). The van der Waals surface area contributed by atoms with E-state index in [1.54, 1.807) is 18.0 Å². The van der Waals surface area contributed by atoms with Gasteiger partial charge in [0, 0.05) is 17.6 Å². The van der Waals surface area contributed by atoms with Gasteiger partial charge >= 0.3 is 0 Å². The van der Waals surface area contributed by atoms with Crippen molar-refractivity contribution >= 4 is 16.9 Å². The Morgan fingerprint density at radius 3 is 3.15 bits per heavy atom. The van der Waals surface area contributed by atoms with Crippen LogP contribution in [0.5, 0.6) is 0 Å². The highest BCUT2D eigenvalue weighted by molar-refractivity contribution is 8.15. The van der Waals surface area contributed by atoms with Crippen LogP contribution in [0.25, 0.3) is 0 Å². The molecule has 1 saturated carbocycles. The molecule has 3 nitrogen and oxygen atoms in total. The molecule has 0 saturated heterocycles. The van der Waals surface area contributed by atoms with Gasteiger partial charge in [0.2, 0.25) is 0 Å². The molecule has 4 heteroatoms. The van der Waals surface area contributed by atoms with Crippen molar-refractivity contribution in [3.63, 3.8) is 0 Å². The predicted octanol–water partition coefficient (Wildman–Crippen LogP) is 1.11. The molecule has 2 N–H and O–H groups in total. The number of nitrogens with zero attached hydrogens (tertiary/aromatic N) is 2. The third-order valence-electron chi connectivity index (χ3n) is 2.60. The number of amidine groups is 1. The summed E-state index contributed by atoms with van der Waals surface area (Å²) in [6.45, 7) is 0. The summed E-state index contributed by atoms with van der Waals surface area (Å²) in [6.07, 6.45) is 4.79. The van der Waals surface area contributed by atoms with Crippen molar-refractivity contribution < 1.29 is 0 Å². The second-order valence-electron chi connectivity index (χ2n) is 3.43. The van der Waals surface area contributed by atoms with E-state index < -0.39 is 0 Å². The molecule has 2 heterocycles. The summed E-state index contributed by atoms with van der Waals surface area (Å²) in [5.41, 5.74) is 6.86. The first kappa shape index (κ1) is 7.38. The van der Waals surface area contributed by atoms with Crippen LogP contribution in [0, 0.1) is 0 Å². The summed E-state index contributed by atoms with van der Waals surface area (Å²) >= 11 is 1.69. The van der Waals surface area contributed by atoms with Crippen molar-refractivity contribution in [3.8, 4) is 0 Å². The number of aromatic nitrogens is 1. The Morgan fingerprint density at radius 2 is 2.54 bits per heavy atom. The molecule has 1 aromatic rings. The maximum atomic E-state index is 5.67. The molecular formula is C9H9N3S. The summed E-state index contributed by atoms with van der Waals surface area (Å²) in [5, 5.41) is 1.29. The minimum absolute atomic E-state index is 0.0109. The smallest absolute Gasteiger partial charge is 0.155 e. The molecular weight excluding hydrogens is 182 g/mol. The SMILES string of the molecule is NC1=NC2(c3cccnc3)CC2S1. The molecule has 2 aliphatic rings. The quantitative estimate of drug-likeness (QED) is 0.723. The number of fused-ring (bicyclic) bond motifs is 1. The first-order valence-electron chi connectivity index (χ1n) is 4.24. The molecule has 1 aromatic heterocycles. The van der Waals surface area contributed by atoms with Gasteiger partial charge in [0.1, 0.15) is 5.54 Å². The number of hydrogen-bond donors (Lipinski definition) is 1. The Morgan fingerprint density at radius 1 is 1.62 bits per heavy atom. The van der Waals surface area contributed by atoms with Gasteiger partial charge in [-0.15, -0.1) is 0 Å². The van der Waals surface area contributed by atoms with Gasteiger partial charge in [-0.2, -0.15) is 0 Å². The fourth-order valence-electron chi connectivity index (χ4n) is 1.84. The Balaban J connectivity index is 2.04. The van der Waals surface area contributed by atoms with Crippen LogP contribution in [0.3, 0.4) is 0 Å². The summed E-state index contributed by atoms with van der Waals surface area (Å²) in [5.74, 6) is 0. The molecule has 2 unspecified atom stereocenters. The van der Waals surface area contributed by atoms with E-state index in [2.05, 4.69) is 16.0 Å². The zero-order chi connectivity index (χ0) is 8.89. The van der Waals surface area contributed by atoms with Crippen LogP contribution < -0.4 is 5.73 Å². The predicted molar refractivity (Wildman–Crippen MR) is 53.5 cm³/mol. The van der Waals surface area contributed by atoms with Gasteiger partial charge in [-0.05, 0) is 18.1 Å². The molecule has 2 atom stereocenters. The van der Waals surface area contributed by atoms with Gasteiger partial charge in [-0.3, -0.25) is 4.98 Å². The first-order valence-corrected chi connectivity index (χ1v) is 5.12. The molecule has 13 heavy (non-hydrogen) atoms. The van der Waals surface area contributed by atoms with Crippen LogP contribution in [0.2, 0.25) is 0 Å². The molecule has 0 radical (unpaired) electrons. The van der Waals surface area contributed by atoms with Gasteiger partial charge in [0.15, 0.2) is 5.17 Å². The zero-order valence-corrected chi connectivity index (χ0v) is 7.79.